The first-order chi connectivity index (χ1) is 12.4. The lowest BCUT2D eigenvalue weighted by atomic mass is 10.1. The van der Waals surface area contributed by atoms with Gasteiger partial charge in [-0.25, -0.2) is 9.18 Å². The summed E-state index contributed by atoms with van der Waals surface area (Å²) in [4.78, 5) is 39.1. The van der Waals surface area contributed by atoms with Crippen LogP contribution in [0.1, 0.15) is 37.6 Å². The van der Waals surface area contributed by atoms with Crippen LogP contribution < -0.4 is 10.6 Å². The summed E-state index contributed by atoms with van der Waals surface area (Å²) < 4.78 is 13.3. The molecule has 1 aromatic carbocycles. The second-order valence-electron chi connectivity index (χ2n) is 6.18. The Morgan fingerprint density at radius 3 is 2.62 bits per heavy atom. The molecule has 1 aliphatic carbocycles. The largest absolute Gasteiger partial charge is 0.331 e. The van der Waals surface area contributed by atoms with Crippen molar-refractivity contribution in [2.24, 2.45) is 0 Å². The van der Waals surface area contributed by atoms with Gasteiger partial charge in [-0.2, -0.15) is 0 Å². The van der Waals surface area contributed by atoms with Crippen LogP contribution in [0.3, 0.4) is 0 Å². The molecule has 0 atom stereocenters. The van der Waals surface area contributed by atoms with Gasteiger partial charge in [0.25, 0.3) is 11.8 Å². The highest BCUT2D eigenvalue weighted by Gasteiger charge is 2.28. The number of nitrogens with one attached hydrogen (secondary N) is 2. The number of benzene rings is 1. The minimum absolute atomic E-state index is 0.161. The van der Waals surface area contributed by atoms with Gasteiger partial charge in [-0.1, -0.05) is 6.07 Å². The van der Waals surface area contributed by atoms with Crippen molar-refractivity contribution < 1.29 is 18.8 Å². The number of carbonyl (C=O) groups excluding carboxylic acids is 3. The Labute approximate surface area is 154 Å². The van der Waals surface area contributed by atoms with E-state index in [-0.39, 0.29) is 5.56 Å². The molecule has 8 heteroatoms. The lowest BCUT2D eigenvalue weighted by Gasteiger charge is -2.12. The molecule has 0 spiro atoms. The van der Waals surface area contributed by atoms with Crippen molar-refractivity contribution >= 4 is 34.2 Å². The number of carbonyl (C=O) groups is 3. The van der Waals surface area contributed by atoms with Gasteiger partial charge in [0.2, 0.25) is 0 Å². The Balaban J connectivity index is 1.89. The molecule has 0 radical (unpaired) electrons. The number of imide groups is 1. The zero-order valence-electron chi connectivity index (χ0n) is 14.4. The predicted molar refractivity (Wildman–Crippen MR) is 97.2 cm³/mol. The first-order valence-electron chi connectivity index (χ1n) is 8.11. The topological polar surface area (TPSA) is 78.5 Å². The van der Waals surface area contributed by atoms with Gasteiger partial charge in [-0.15, -0.1) is 11.3 Å². The van der Waals surface area contributed by atoms with Crippen molar-refractivity contribution in [3.8, 4) is 0 Å². The SMILES string of the molecule is CN(C)C(=O)NC(=O)c1c(NC(=O)c2cccc(F)c2)sc2c1CCC2. The Hall–Kier alpha value is -2.74. The standard InChI is InChI=1S/C18H18FN3O3S/c1-22(2)18(25)21-16(24)14-12-7-4-8-13(12)26-17(14)20-15(23)10-5-3-6-11(19)9-10/h3,5-6,9H,4,7-8H2,1-2H3,(H,20,23)(H,21,24,25). The van der Waals surface area contributed by atoms with E-state index >= 15 is 0 Å². The Bertz CT molecular complexity index is 892. The minimum atomic E-state index is -0.544. The van der Waals surface area contributed by atoms with E-state index in [1.807, 2.05) is 0 Å². The van der Waals surface area contributed by atoms with Gasteiger partial charge in [0, 0.05) is 24.5 Å². The van der Waals surface area contributed by atoms with Crippen LogP contribution in [0.25, 0.3) is 0 Å². The second-order valence-corrected chi connectivity index (χ2v) is 7.28. The number of anilines is 1. The van der Waals surface area contributed by atoms with Crippen LogP contribution in [0.15, 0.2) is 24.3 Å². The van der Waals surface area contributed by atoms with Crippen LogP contribution in [0, 0.1) is 5.82 Å². The van der Waals surface area contributed by atoms with Crippen LogP contribution >= 0.6 is 11.3 Å². The zero-order valence-corrected chi connectivity index (χ0v) is 15.2. The summed E-state index contributed by atoms with van der Waals surface area (Å²) in [6.45, 7) is 0. The molecule has 136 valence electrons. The molecule has 2 N–H and O–H groups in total. The smallest absolute Gasteiger partial charge is 0.323 e. The Morgan fingerprint density at radius 1 is 1.15 bits per heavy atom. The van der Waals surface area contributed by atoms with Gasteiger partial charge >= 0.3 is 6.03 Å². The van der Waals surface area contributed by atoms with Gasteiger partial charge in [-0.05, 0) is 43.0 Å². The third kappa shape index (κ3) is 3.60. The molecule has 1 aromatic heterocycles. The van der Waals surface area contributed by atoms with E-state index in [1.165, 1.54) is 48.5 Å². The number of thiophene rings is 1. The number of amides is 4. The van der Waals surface area contributed by atoms with Crippen molar-refractivity contribution in [1.29, 1.82) is 0 Å². The van der Waals surface area contributed by atoms with E-state index in [0.29, 0.717) is 10.6 Å². The fourth-order valence-corrected chi connectivity index (χ4v) is 4.09. The highest BCUT2D eigenvalue weighted by molar-refractivity contribution is 7.17. The highest BCUT2D eigenvalue weighted by atomic mass is 32.1. The Kier molecular flexibility index (Phi) is 5.03. The van der Waals surface area contributed by atoms with Gasteiger partial charge < -0.3 is 10.2 Å². The molecule has 26 heavy (non-hydrogen) atoms. The molecule has 6 nitrogen and oxygen atoms in total. The summed E-state index contributed by atoms with van der Waals surface area (Å²) in [6, 6.07) is 4.79. The van der Waals surface area contributed by atoms with Crippen molar-refractivity contribution in [2.75, 3.05) is 19.4 Å². The van der Waals surface area contributed by atoms with Crippen LogP contribution in [-0.2, 0) is 12.8 Å². The number of nitrogens with zero attached hydrogens (tertiary/aromatic N) is 1. The first kappa shape index (κ1) is 18.1. The third-order valence-corrected chi connectivity index (χ3v) is 5.30. The van der Waals surface area contributed by atoms with Crippen molar-refractivity contribution in [1.82, 2.24) is 10.2 Å². The average Bonchev–Trinajstić information content (AvgIpc) is 3.14. The fraction of sp³-hybridized carbons (Fsp3) is 0.278. The molecule has 0 saturated carbocycles. The summed E-state index contributed by atoms with van der Waals surface area (Å²) in [7, 11) is 3.07. The number of hydrogen-bond donors (Lipinski definition) is 2. The fourth-order valence-electron chi connectivity index (χ4n) is 2.81. The van der Waals surface area contributed by atoms with Gasteiger partial charge in [0.1, 0.15) is 10.8 Å². The molecule has 0 aliphatic heterocycles. The summed E-state index contributed by atoms with van der Waals surface area (Å²) in [6.07, 6.45) is 2.49. The molecule has 4 amide bonds. The van der Waals surface area contributed by atoms with Crippen molar-refractivity contribution in [2.45, 2.75) is 19.3 Å². The van der Waals surface area contributed by atoms with Crippen molar-refractivity contribution in [3.05, 3.63) is 51.7 Å². The highest BCUT2D eigenvalue weighted by Crippen LogP contribution is 2.39. The monoisotopic (exact) mass is 375 g/mol. The normalized spacial score (nSPS) is 12.4. The number of fused-ring (bicyclic) bond motifs is 1. The van der Waals surface area contributed by atoms with Gasteiger partial charge in [0.15, 0.2) is 0 Å². The number of halogens is 1. The quantitative estimate of drug-likeness (QED) is 0.866. The lowest BCUT2D eigenvalue weighted by molar-refractivity contribution is 0.0957. The lowest BCUT2D eigenvalue weighted by Crippen LogP contribution is -2.39. The molecule has 0 fully saturated rings. The van der Waals surface area contributed by atoms with Crippen molar-refractivity contribution in [3.63, 3.8) is 0 Å². The van der Waals surface area contributed by atoms with E-state index in [4.69, 9.17) is 0 Å². The van der Waals surface area contributed by atoms with Crippen LogP contribution in [0.2, 0.25) is 0 Å². The molecular weight excluding hydrogens is 357 g/mol. The molecule has 1 heterocycles. The van der Waals surface area contributed by atoms with Crippen LogP contribution in [-0.4, -0.2) is 36.8 Å². The molecule has 0 unspecified atom stereocenters. The number of hydrogen-bond acceptors (Lipinski definition) is 4. The van der Waals surface area contributed by atoms with E-state index in [1.54, 1.807) is 0 Å². The number of rotatable bonds is 3. The minimum Gasteiger partial charge on any atom is -0.331 e. The molecule has 3 rings (SSSR count). The zero-order chi connectivity index (χ0) is 18.8. The summed E-state index contributed by atoms with van der Waals surface area (Å²) >= 11 is 1.33. The maximum absolute atomic E-state index is 13.3. The van der Waals surface area contributed by atoms with Gasteiger partial charge in [0.05, 0.1) is 5.56 Å². The molecule has 2 aromatic rings. The first-order valence-corrected chi connectivity index (χ1v) is 8.92. The third-order valence-electron chi connectivity index (χ3n) is 4.09. The maximum atomic E-state index is 13.3. The second kappa shape index (κ2) is 7.25. The predicted octanol–water partition coefficient (Wildman–Crippen LogP) is 3.04. The maximum Gasteiger partial charge on any atom is 0.323 e. The number of aryl methyl sites for hydroxylation is 1. The number of urea groups is 1. The van der Waals surface area contributed by atoms with Crippen LogP contribution in [0.5, 0.6) is 0 Å². The van der Waals surface area contributed by atoms with E-state index < -0.39 is 23.7 Å². The summed E-state index contributed by atoms with van der Waals surface area (Å²) in [5, 5.41) is 5.39. The summed E-state index contributed by atoms with van der Waals surface area (Å²) in [5.74, 6) is -1.56. The van der Waals surface area contributed by atoms with Gasteiger partial charge in [-0.3, -0.25) is 14.9 Å². The molecule has 1 aliphatic rings. The van der Waals surface area contributed by atoms with Crippen LogP contribution in [0.4, 0.5) is 14.2 Å². The summed E-state index contributed by atoms with van der Waals surface area (Å²) in [5.41, 5.74) is 1.35. The molecule has 0 bridgehead atoms. The van der Waals surface area contributed by atoms with E-state index in [2.05, 4.69) is 10.6 Å². The van der Waals surface area contributed by atoms with E-state index in [0.717, 1.165) is 35.8 Å². The average molecular weight is 375 g/mol. The molecular formula is C18H18FN3O3S. The molecule has 0 saturated heterocycles. The Morgan fingerprint density at radius 2 is 1.92 bits per heavy atom. The van der Waals surface area contributed by atoms with E-state index in [9.17, 15) is 18.8 Å².